The summed E-state index contributed by atoms with van der Waals surface area (Å²) in [7, 11) is 0. The molecule has 2 N–H and O–H groups in total. The maximum Gasteiger partial charge on any atom is 0.418 e. The van der Waals surface area contributed by atoms with Crippen molar-refractivity contribution in [3.05, 3.63) is 54.1 Å². The number of carbonyl (C=O) groups excluding carboxylic acids is 2. The number of anilines is 2. The third-order valence-electron chi connectivity index (χ3n) is 3.77. The van der Waals surface area contributed by atoms with E-state index in [2.05, 4.69) is 10.6 Å². The topological polar surface area (TPSA) is 67.4 Å². The van der Waals surface area contributed by atoms with Gasteiger partial charge in [0, 0.05) is 5.69 Å². The summed E-state index contributed by atoms with van der Waals surface area (Å²) in [6.45, 7) is 3.93. The molecule has 0 aliphatic carbocycles. The second kappa shape index (κ2) is 10.2. The van der Waals surface area contributed by atoms with E-state index < -0.39 is 22.9 Å². The molecule has 2 amide bonds. The van der Waals surface area contributed by atoms with Gasteiger partial charge in [0.2, 0.25) is 11.8 Å². The van der Waals surface area contributed by atoms with Gasteiger partial charge in [0.25, 0.3) is 0 Å². The highest BCUT2D eigenvalue weighted by molar-refractivity contribution is 8.01. The van der Waals surface area contributed by atoms with Crippen LogP contribution in [0.15, 0.2) is 48.5 Å². The Morgan fingerprint density at radius 2 is 1.72 bits per heavy atom. The Labute approximate surface area is 171 Å². The first-order valence-electron chi connectivity index (χ1n) is 8.82. The first-order chi connectivity index (χ1) is 13.7. The number of halogens is 3. The Morgan fingerprint density at radius 1 is 1.07 bits per heavy atom. The molecule has 0 saturated carbocycles. The molecule has 0 radical (unpaired) electrons. The van der Waals surface area contributed by atoms with Gasteiger partial charge in [-0.25, -0.2) is 0 Å². The van der Waals surface area contributed by atoms with Crippen LogP contribution in [0.4, 0.5) is 24.5 Å². The number of alkyl halides is 3. The molecule has 0 saturated heterocycles. The summed E-state index contributed by atoms with van der Waals surface area (Å²) in [4.78, 5) is 24.3. The van der Waals surface area contributed by atoms with Crippen LogP contribution in [-0.4, -0.2) is 29.4 Å². The Balaban J connectivity index is 1.86. The minimum Gasteiger partial charge on any atom is -0.494 e. The van der Waals surface area contributed by atoms with Crippen molar-refractivity contribution in [3.8, 4) is 5.75 Å². The molecule has 2 aromatic rings. The fraction of sp³-hybridized carbons (Fsp3) is 0.300. The van der Waals surface area contributed by atoms with Crippen LogP contribution in [0, 0.1) is 0 Å². The summed E-state index contributed by atoms with van der Waals surface area (Å²) in [5.41, 5.74) is -0.648. The lowest BCUT2D eigenvalue weighted by Gasteiger charge is -2.16. The quantitative estimate of drug-likeness (QED) is 0.636. The van der Waals surface area contributed by atoms with Crippen molar-refractivity contribution in [3.63, 3.8) is 0 Å². The number of rotatable bonds is 8. The maximum atomic E-state index is 13.0. The molecule has 0 aliphatic heterocycles. The van der Waals surface area contributed by atoms with Crippen LogP contribution in [-0.2, 0) is 15.8 Å². The van der Waals surface area contributed by atoms with Gasteiger partial charge in [-0.3, -0.25) is 9.59 Å². The molecule has 0 fully saturated rings. The highest BCUT2D eigenvalue weighted by atomic mass is 32.2. The smallest absolute Gasteiger partial charge is 0.418 e. The number of para-hydroxylation sites is 1. The Morgan fingerprint density at radius 3 is 2.34 bits per heavy atom. The molecule has 5 nitrogen and oxygen atoms in total. The Bertz CT molecular complexity index is 842. The summed E-state index contributed by atoms with van der Waals surface area (Å²) >= 11 is 1.03. The molecule has 0 aromatic heterocycles. The number of amides is 2. The van der Waals surface area contributed by atoms with Crippen molar-refractivity contribution < 1.29 is 27.5 Å². The molecular weight excluding hydrogens is 405 g/mol. The molecule has 2 rings (SSSR count). The van der Waals surface area contributed by atoms with E-state index >= 15 is 0 Å². The number of hydrogen-bond donors (Lipinski definition) is 2. The van der Waals surface area contributed by atoms with Crippen LogP contribution in [0.25, 0.3) is 0 Å². The van der Waals surface area contributed by atoms with Crippen molar-refractivity contribution >= 4 is 35.0 Å². The third-order valence-corrected chi connectivity index (χ3v) is 4.92. The van der Waals surface area contributed by atoms with Crippen molar-refractivity contribution in [1.82, 2.24) is 0 Å². The molecule has 2 aromatic carbocycles. The van der Waals surface area contributed by atoms with Gasteiger partial charge in [-0.15, -0.1) is 11.8 Å². The Kier molecular flexibility index (Phi) is 7.95. The molecule has 0 aliphatic rings. The molecular formula is C20H21F3N2O3S. The number of thioether (sulfide) groups is 1. The van der Waals surface area contributed by atoms with Gasteiger partial charge in [0.15, 0.2) is 0 Å². The summed E-state index contributed by atoms with van der Waals surface area (Å²) < 4.78 is 44.4. The summed E-state index contributed by atoms with van der Waals surface area (Å²) in [6, 6.07) is 11.6. The predicted molar refractivity (Wildman–Crippen MR) is 108 cm³/mol. The standard InChI is InChI=1S/C20H21F3N2O3S/c1-3-28-15-10-8-14(9-11-15)24-18(26)12-29-13(2)19(27)25-17-7-5-4-6-16(17)20(21,22)23/h4-11,13H,3,12H2,1-2H3,(H,24,26)(H,25,27)/t13-/m1/s1. The molecule has 29 heavy (non-hydrogen) atoms. The molecule has 1 atom stereocenters. The van der Waals surface area contributed by atoms with Crippen LogP contribution in [0.3, 0.4) is 0 Å². The number of carbonyl (C=O) groups is 2. The van der Waals surface area contributed by atoms with Crippen molar-refractivity contribution in [2.45, 2.75) is 25.3 Å². The lowest BCUT2D eigenvalue weighted by molar-refractivity contribution is -0.137. The fourth-order valence-electron chi connectivity index (χ4n) is 2.35. The van der Waals surface area contributed by atoms with Crippen LogP contribution in [0.2, 0.25) is 0 Å². The lowest BCUT2D eigenvalue weighted by atomic mass is 10.1. The summed E-state index contributed by atoms with van der Waals surface area (Å²) in [6.07, 6.45) is -4.57. The van der Waals surface area contributed by atoms with Crippen LogP contribution < -0.4 is 15.4 Å². The van der Waals surface area contributed by atoms with Gasteiger partial charge >= 0.3 is 6.18 Å². The van der Waals surface area contributed by atoms with Gasteiger partial charge in [0.05, 0.1) is 28.9 Å². The zero-order chi connectivity index (χ0) is 21.4. The zero-order valence-corrected chi connectivity index (χ0v) is 16.7. The highest BCUT2D eigenvalue weighted by Gasteiger charge is 2.33. The average Bonchev–Trinajstić information content (AvgIpc) is 2.67. The second-order valence-electron chi connectivity index (χ2n) is 5.99. The maximum absolute atomic E-state index is 13.0. The van der Waals surface area contributed by atoms with E-state index in [4.69, 9.17) is 4.74 Å². The van der Waals surface area contributed by atoms with Gasteiger partial charge in [-0.05, 0) is 50.2 Å². The number of ether oxygens (including phenoxy) is 1. The lowest BCUT2D eigenvalue weighted by Crippen LogP contribution is -2.26. The van der Waals surface area contributed by atoms with Gasteiger partial charge in [-0.2, -0.15) is 13.2 Å². The third kappa shape index (κ3) is 7.01. The van der Waals surface area contributed by atoms with E-state index in [1.54, 1.807) is 24.3 Å². The van der Waals surface area contributed by atoms with Crippen LogP contribution in [0.5, 0.6) is 5.75 Å². The van der Waals surface area contributed by atoms with Crippen molar-refractivity contribution in [2.24, 2.45) is 0 Å². The van der Waals surface area contributed by atoms with Crippen molar-refractivity contribution in [2.75, 3.05) is 23.0 Å². The SMILES string of the molecule is CCOc1ccc(NC(=O)CS[C@H](C)C(=O)Nc2ccccc2C(F)(F)F)cc1. The summed E-state index contributed by atoms with van der Waals surface area (Å²) in [5.74, 6) is -0.276. The Hall–Kier alpha value is -2.68. The van der Waals surface area contributed by atoms with E-state index in [0.29, 0.717) is 18.0 Å². The van der Waals surface area contributed by atoms with Gasteiger partial charge in [0.1, 0.15) is 5.75 Å². The highest BCUT2D eigenvalue weighted by Crippen LogP contribution is 2.34. The fourth-order valence-corrected chi connectivity index (χ4v) is 3.03. The molecule has 156 valence electrons. The normalized spacial score (nSPS) is 12.2. The van der Waals surface area contributed by atoms with Crippen LogP contribution in [0.1, 0.15) is 19.4 Å². The minimum absolute atomic E-state index is 0.0251. The van der Waals surface area contributed by atoms with E-state index in [1.165, 1.54) is 25.1 Å². The van der Waals surface area contributed by atoms with E-state index in [9.17, 15) is 22.8 Å². The number of nitrogens with one attached hydrogen (secondary N) is 2. The predicted octanol–water partition coefficient (Wildman–Crippen LogP) is 4.80. The first-order valence-corrected chi connectivity index (χ1v) is 9.87. The average molecular weight is 426 g/mol. The molecule has 0 unspecified atom stereocenters. The molecule has 0 heterocycles. The zero-order valence-electron chi connectivity index (χ0n) is 15.9. The monoisotopic (exact) mass is 426 g/mol. The first kappa shape index (κ1) is 22.6. The molecule has 0 spiro atoms. The van der Waals surface area contributed by atoms with E-state index in [1.807, 2.05) is 6.92 Å². The second-order valence-corrected chi connectivity index (χ2v) is 7.32. The van der Waals surface area contributed by atoms with E-state index in [0.717, 1.165) is 17.8 Å². The van der Waals surface area contributed by atoms with Crippen molar-refractivity contribution in [1.29, 1.82) is 0 Å². The molecule has 0 bridgehead atoms. The minimum atomic E-state index is -4.57. The largest absolute Gasteiger partial charge is 0.494 e. The van der Waals surface area contributed by atoms with Crippen LogP contribution >= 0.6 is 11.8 Å². The van der Waals surface area contributed by atoms with E-state index in [-0.39, 0.29) is 17.3 Å². The summed E-state index contributed by atoms with van der Waals surface area (Å²) in [5, 5.41) is 4.25. The van der Waals surface area contributed by atoms with Gasteiger partial charge in [-0.1, -0.05) is 12.1 Å². The van der Waals surface area contributed by atoms with Gasteiger partial charge < -0.3 is 15.4 Å². The number of benzene rings is 2. The number of hydrogen-bond acceptors (Lipinski definition) is 4. The molecule has 9 heteroatoms.